The van der Waals surface area contributed by atoms with Crippen molar-refractivity contribution in [1.82, 2.24) is 0 Å². The van der Waals surface area contributed by atoms with Gasteiger partial charge in [0.05, 0.1) is 6.10 Å². The molecule has 0 heterocycles. The van der Waals surface area contributed by atoms with Crippen molar-refractivity contribution >= 4 is 0 Å². The highest BCUT2D eigenvalue weighted by Crippen LogP contribution is 2.35. The zero-order valence-corrected chi connectivity index (χ0v) is 11.1. The van der Waals surface area contributed by atoms with Crippen LogP contribution >= 0.6 is 0 Å². The van der Waals surface area contributed by atoms with Gasteiger partial charge in [-0.25, -0.2) is 0 Å². The molecule has 1 aromatic carbocycles. The van der Waals surface area contributed by atoms with Crippen molar-refractivity contribution in [2.24, 2.45) is 5.92 Å². The molecular formula is C16H24O. The van der Waals surface area contributed by atoms with Crippen molar-refractivity contribution < 1.29 is 5.11 Å². The fourth-order valence-corrected chi connectivity index (χ4v) is 2.71. The van der Waals surface area contributed by atoms with E-state index in [2.05, 4.69) is 32.0 Å². The molecule has 0 aliphatic heterocycles. The van der Waals surface area contributed by atoms with Gasteiger partial charge in [0, 0.05) is 0 Å². The molecule has 1 heteroatoms. The van der Waals surface area contributed by atoms with E-state index in [4.69, 9.17) is 0 Å². The van der Waals surface area contributed by atoms with Gasteiger partial charge in [-0.2, -0.15) is 0 Å². The van der Waals surface area contributed by atoms with E-state index in [1.54, 1.807) is 0 Å². The summed E-state index contributed by atoms with van der Waals surface area (Å²) < 4.78 is 0. The molecule has 0 bridgehead atoms. The van der Waals surface area contributed by atoms with E-state index in [1.807, 2.05) is 0 Å². The Morgan fingerprint density at radius 2 is 1.88 bits per heavy atom. The summed E-state index contributed by atoms with van der Waals surface area (Å²) in [6, 6.07) is 6.52. The van der Waals surface area contributed by atoms with Crippen LogP contribution in [0.3, 0.4) is 0 Å². The molecule has 1 aromatic rings. The number of aliphatic hydroxyl groups excluding tert-OH is 1. The second-order valence-electron chi connectivity index (χ2n) is 5.28. The first-order chi connectivity index (χ1) is 8.24. The average Bonchev–Trinajstić information content (AvgIpc) is 2.32. The van der Waals surface area contributed by atoms with Crippen LogP contribution in [-0.4, -0.2) is 5.11 Å². The Kier molecular flexibility index (Phi) is 4.22. The standard InChI is InChI=1S/C16H24O/c1-3-13-8-9-15(11-14(13)4-2)16(17)10-12-6-5-7-12/h8-9,11-12,16-17H,3-7,10H2,1-2H3. The van der Waals surface area contributed by atoms with Crippen molar-refractivity contribution in [3.8, 4) is 0 Å². The summed E-state index contributed by atoms with van der Waals surface area (Å²) in [6.45, 7) is 4.38. The van der Waals surface area contributed by atoms with Gasteiger partial charge in [-0.3, -0.25) is 0 Å². The highest BCUT2D eigenvalue weighted by Gasteiger charge is 2.21. The molecule has 0 spiro atoms. The lowest BCUT2D eigenvalue weighted by Crippen LogP contribution is -2.15. The van der Waals surface area contributed by atoms with Gasteiger partial charge in [-0.1, -0.05) is 51.3 Å². The lowest BCUT2D eigenvalue weighted by molar-refractivity contribution is 0.118. The van der Waals surface area contributed by atoms with Gasteiger partial charge in [0.15, 0.2) is 0 Å². The smallest absolute Gasteiger partial charge is 0.0792 e. The molecule has 0 aromatic heterocycles. The molecule has 1 aliphatic carbocycles. The van der Waals surface area contributed by atoms with E-state index >= 15 is 0 Å². The van der Waals surface area contributed by atoms with E-state index in [9.17, 15) is 5.11 Å². The molecule has 17 heavy (non-hydrogen) atoms. The van der Waals surface area contributed by atoms with Gasteiger partial charge in [0.1, 0.15) is 0 Å². The van der Waals surface area contributed by atoms with Crippen LogP contribution < -0.4 is 0 Å². The number of rotatable bonds is 5. The van der Waals surface area contributed by atoms with Crippen LogP contribution in [-0.2, 0) is 12.8 Å². The largest absolute Gasteiger partial charge is 0.388 e. The molecule has 1 atom stereocenters. The molecule has 94 valence electrons. The van der Waals surface area contributed by atoms with Crippen molar-refractivity contribution in [3.63, 3.8) is 0 Å². The Hall–Kier alpha value is -0.820. The van der Waals surface area contributed by atoms with Crippen LogP contribution in [0.1, 0.15) is 62.3 Å². The van der Waals surface area contributed by atoms with Gasteiger partial charge >= 0.3 is 0 Å². The Morgan fingerprint density at radius 3 is 2.41 bits per heavy atom. The van der Waals surface area contributed by atoms with Crippen molar-refractivity contribution in [2.75, 3.05) is 0 Å². The summed E-state index contributed by atoms with van der Waals surface area (Å²) in [6.07, 6.45) is 6.82. The summed E-state index contributed by atoms with van der Waals surface area (Å²) in [5.74, 6) is 0.765. The van der Waals surface area contributed by atoms with Crippen LogP contribution in [0, 0.1) is 5.92 Å². The highest BCUT2D eigenvalue weighted by atomic mass is 16.3. The third-order valence-corrected chi connectivity index (χ3v) is 4.16. The van der Waals surface area contributed by atoms with Crippen LogP contribution in [0.25, 0.3) is 0 Å². The fraction of sp³-hybridized carbons (Fsp3) is 0.625. The molecule has 0 amide bonds. The van der Waals surface area contributed by atoms with Gasteiger partial charge in [0.2, 0.25) is 0 Å². The molecule has 2 rings (SSSR count). The SMILES string of the molecule is CCc1ccc(C(O)CC2CCC2)cc1CC. The van der Waals surface area contributed by atoms with E-state index in [-0.39, 0.29) is 6.10 Å². The monoisotopic (exact) mass is 232 g/mol. The van der Waals surface area contributed by atoms with Crippen LogP contribution in [0.2, 0.25) is 0 Å². The molecule has 1 fully saturated rings. The molecule has 0 radical (unpaired) electrons. The van der Waals surface area contributed by atoms with E-state index in [1.165, 1.54) is 30.4 Å². The third kappa shape index (κ3) is 2.90. The number of aliphatic hydroxyl groups is 1. The third-order valence-electron chi connectivity index (χ3n) is 4.16. The van der Waals surface area contributed by atoms with E-state index in [0.29, 0.717) is 0 Å². The van der Waals surface area contributed by atoms with Crippen molar-refractivity contribution in [1.29, 1.82) is 0 Å². The topological polar surface area (TPSA) is 20.2 Å². The number of aryl methyl sites for hydroxylation is 2. The molecule has 1 nitrogen and oxygen atoms in total. The van der Waals surface area contributed by atoms with Gasteiger partial charge < -0.3 is 5.11 Å². The number of hydrogen-bond donors (Lipinski definition) is 1. The Morgan fingerprint density at radius 1 is 1.18 bits per heavy atom. The second-order valence-corrected chi connectivity index (χ2v) is 5.28. The second kappa shape index (κ2) is 5.68. The zero-order valence-electron chi connectivity index (χ0n) is 11.1. The molecule has 0 saturated heterocycles. The van der Waals surface area contributed by atoms with E-state index < -0.39 is 0 Å². The Bertz CT molecular complexity index is 366. The molecule has 1 unspecified atom stereocenters. The van der Waals surface area contributed by atoms with Crippen molar-refractivity contribution in [3.05, 3.63) is 34.9 Å². The predicted octanol–water partition coefficient (Wildman–Crippen LogP) is 4.04. The van der Waals surface area contributed by atoms with Crippen molar-refractivity contribution in [2.45, 2.75) is 58.5 Å². The lowest BCUT2D eigenvalue weighted by Gasteiger charge is -2.27. The Balaban J connectivity index is 2.08. The summed E-state index contributed by atoms with van der Waals surface area (Å²) in [5.41, 5.74) is 3.94. The normalized spacial score (nSPS) is 17.8. The molecule has 1 aliphatic rings. The fourth-order valence-electron chi connectivity index (χ4n) is 2.71. The maximum Gasteiger partial charge on any atom is 0.0792 e. The quantitative estimate of drug-likeness (QED) is 0.812. The molecule has 1 N–H and O–H groups in total. The lowest BCUT2D eigenvalue weighted by atomic mass is 9.80. The van der Waals surface area contributed by atoms with Gasteiger partial charge in [-0.15, -0.1) is 0 Å². The first kappa shape index (κ1) is 12.6. The summed E-state index contributed by atoms with van der Waals surface area (Å²) in [5, 5.41) is 10.2. The minimum absolute atomic E-state index is 0.253. The summed E-state index contributed by atoms with van der Waals surface area (Å²) >= 11 is 0. The van der Waals surface area contributed by atoms with Gasteiger partial charge in [-0.05, 0) is 41.9 Å². The van der Waals surface area contributed by atoms with Crippen LogP contribution in [0.15, 0.2) is 18.2 Å². The number of hydrogen-bond acceptors (Lipinski definition) is 1. The van der Waals surface area contributed by atoms with Crippen LogP contribution in [0.4, 0.5) is 0 Å². The average molecular weight is 232 g/mol. The summed E-state index contributed by atoms with van der Waals surface area (Å²) in [4.78, 5) is 0. The van der Waals surface area contributed by atoms with Crippen LogP contribution in [0.5, 0.6) is 0 Å². The minimum atomic E-state index is -0.253. The molecular weight excluding hydrogens is 208 g/mol. The number of benzene rings is 1. The predicted molar refractivity (Wildman–Crippen MR) is 72.1 cm³/mol. The van der Waals surface area contributed by atoms with E-state index in [0.717, 1.165) is 30.7 Å². The highest BCUT2D eigenvalue weighted by molar-refractivity contribution is 5.33. The molecule has 1 saturated carbocycles. The van der Waals surface area contributed by atoms with Gasteiger partial charge in [0.25, 0.3) is 0 Å². The summed E-state index contributed by atoms with van der Waals surface area (Å²) in [7, 11) is 0. The maximum atomic E-state index is 10.2. The first-order valence-corrected chi connectivity index (χ1v) is 7.04. The Labute approximate surface area is 105 Å². The maximum absolute atomic E-state index is 10.2. The zero-order chi connectivity index (χ0) is 12.3. The minimum Gasteiger partial charge on any atom is -0.388 e. The first-order valence-electron chi connectivity index (χ1n) is 7.04.